The van der Waals surface area contributed by atoms with E-state index in [9.17, 15) is 4.79 Å². The van der Waals surface area contributed by atoms with E-state index in [0.717, 1.165) is 5.52 Å². The van der Waals surface area contributed by atoms with Crippen LogP contribution in [0.25, 0.3) is 11.0 Å². The number of amides is 1. The van der Waals surface area contributed by atoms with Gasteiger partial charge in [0.05, 0.1) is 11.7 Å². The molecule has 2 heterocycles. The molecule has 6 nitrogen and oxygen atoms in total. The maximum atomic E-state index is 11.1. The zero-order valence-corrected chi connectivity index (χ0v) is 8.21. The molecule has 0 aliphatic rings. The molecule has 2 aromatic heterocycles. The largest absolute Gasteiger partial charge is 0.369 e. The molecule has 0 aromatic carbocycles. The lowest BCUT2D eigenvalue weighted by Gasteiger charge is -2.11. The monoisotopic (exact) mass is 205 g/mol. The summed E-state index contributed by atoms with van der Waals surface area (Å²) in [5.41, 5.74) is 12.4. The molecule has 0 radical (unpaired) electrons. The van der Waals surface area contributed by atoms with E-state index in [0.29, 0.717) is 5.52 Å². The topological polar surface area (TPSA) is 99.8 Å². The SMILES string of the molecule is CC(C(N)=O)n1c(N)nc2cnccc21. The number of nitrogen functional groups attached to an aromatic ring is 1. The van der Waals surface area contributed by atoms with Gasteiger partial charge in [0.25, 0.3) is 0 Å². The van der Waals surface area contributed by atoms with Gasteiger partial charge in [0.1, 0.15) is 11.6 Å². The van der Waals surface area contributed by atoms with Crippen molar-refractivity contribution in [3.8, 4) is 0 Å². The van der Waals surface area contributed by atoms with E-state index < -0.39 is 11.9 Å². The molecule has 0 saturated heterocycles. The average molecular weight is 205 g/mol. The highest BCUT2D eigenvalue weighted by Gasteiger charge is 2.17. The van der Waals surface area contributed by atoms with Crippen molar-refractivity contribution < 1.29 is 4.79 Å². The summed E-state index contributed by atoms with van der Waals surface area (Å²) >= 11 is 0. The fourth-order valence-corrected chi connectivity index (χ4v) is 1.50. The molecule has 2 rings (SSSR count). The Morgan fingerprint density at radius 3 is 3.00 bits per heavy atom. The number of fused-ring (bicyclic) bond motifs is 1. The molecule has 1 amide bonds. The molecule has 0 bridgehead atoms. The van der Waals surface area contributed by atoms with Crippen molar-refractivity contribution in [1.82, 2.24) is 14.5 Å². The molecular formula is C9H11N5O. The normalized spacial score (nSPS) is 12.9. The van der Waals surface area contributed by atoms with Gasteiger partial charge in [0.15, 0.2) is 0 Å². The lowest BCUT2D eigenvalue weighted by molar-refractivity contribution is -0.120. The molecular weight excluding hydrogens is 194 g/mol. The van der Waals surface area contributed by atoms with Crippen molar-refractivity contribution in [3.05, 3.63) is 18.5 Å². The van der Waals surface area contributed by atoms with Crippen LogP contribution in [0.4, 0.5) is 5.95 Å². The first-order valence-corrected chi connectivity index (χ1v) is 4.48. The molecule has 0 aliphatic carbocycles. The molecule has 0 fully saturated rings. The van der Waals surface area contributed by atoms with Gasteiger partial charge in [-0.25, -0.2) is 4.98 Å². The highest BCUT2D eigenvalue weighted by molar-refractivity contribution is 5.84. The summed E-state index contributed by atoms with van der Waals surface area (Å²) in [5.74, 6) is -0.179. The minimum Gasteiger partial charge on any atom is -0.369 e. The Morgan fingerprint density at radius 1 is 1.60 bits per heavy atom. The number of hydrogen-bond donors (Lipinski definition) is 2. The number of nitrogens with zero attached hydrogens (tertiary/aromatic N) is 3. The first-order valence-electron chi connectivity index (χ1n) is 4.48. The number of carbonyl (C=O) groups excluding carboxylic acids is 1. The van der Waals surface area contributed by atoms with Crippen LogP contribution in [0.2, 0.25) is 0 Å². The molecule has 2 aromatic rings. The van der Waals surface area contributed by atoms with Crippen molar-refractivity contribution in [1.29, 1.82) is 0 Å². The Balaban J connectivity index is 2.68. The minimum absolute atomic E-state index is 0.268. The molecule has 0 aliphatic heterocycles. The number of pyridine rings is 1. The fraction of sp³-hybridized carbons (Fsp3) is 0.222. The van der Waals surface area contributed by atoms with E-state index >= 15 is 0 Å². The van der Waals surface area contributed by atoms with Crippen LogP contribution in [0.5, 0.6) is 0 Å². The highest BCUT2D eigenvalue weighted by atomic mass is 16.1. The number of hydrogen-bond acceptors (Lipinski definition) is 4. The number of anilines is 1. The van der Waals surface area contributed by atoms with Gasteiger partial charge in [0, 0.05) is 6.20 Å². The quantitative estimate of drug-likeness (QED) is 0.723. The lowest BCUT2D eigenvalue weighted by Crippen LogP contribution is -2.24. The van der Waals surface area contributed by atoms with Crippen LogP contribution in [0.1, 0.15) is 13.0 Å². The Hall–Kier alpha value is -2.11. The van der Waals surface area contributed by atoms with E-state index in [2.05, 4.69) is 9.97 Å². The second kappa shape index (κ2) is 3.23. The van der Waals surface area contributed by atoms with Crippen LogP contribution < -0.4 is 11.5 Å². The van der Waals surface area contributed by atoms with Gasteiger partial charge in [-0.3, -0.25) is 14.3 Å². The van der Waals surface area contributed by atoms with Crippen LogP contribution in [0.15, 0.2) is 18.5 Å². The number of nitrogens with two attached hydrogens (primary N) is 2. The van der Waals surface area contributed by atoms with Crippen LogP contribution in [-0.4, -0.2) is 20.4 Å². The third-order valence-corrected chi connectivity index (χ3v) is 2.32. The van der Waals surface area contributed by atoms with Gasteiger partial charge in [-0.05, 0) is 13.0 Å². The highest BCUT2D eigenvalue weighted by Crippen LogP contribution is 2.21. The van der Waals surface area contributed by atoms with Crippen molar-refractivity contribution in [2.45, 2.75) is 13.0 Å². The van der Waals surface area contributed by atoms with E-state index in [1.54, 1.807) is 30.0 Å². The maximum Gasteiger partial charge on any atom is 0.240 e. The number of aromatic nitrogens is 3. The molecule has 6 heteroatoms. The Labute approximate surface area is 85.9 Å². The van der Waals surface area contributed by atoms with Crippen molar-refractivity contribution in [3.63, 3.8) is 0 Å². The number of carbonyl (C=O) groups is 1. The second-order valence-electron chi connectivity index (χ2n) is 3.28. The summed E-state index contributed by atoms with van der Waals surface area (Å²) < 4.78 is 1.60. The van der Waals surface area contributed by atoms with E-state index in [1.165, 1.54) is 0 Å². The molecule has 1 atom stereocenters. The minimum atomic E-state index is -0.516. The molecule has 0 saturated carbocycles. The van der Waals surface area contributed by atoms with Gasteiger partial charge < -0.3 is 11.5 Å². The van der Waals surface area contributed by atoms with Crippen LogP contribution in [-0.2, 0) is 4.79 Å². The maximum absolute atomic E-state index is 11.1. The van der Waals surface area contributed by atoms with E-state index in [-0.39, 0.29) is 5.95 Å². The van der Waals surface area contributed by atoms with E-state index in [4.69, 9.17) is 11.5 Å². The third kappa shape index (κ3) is 1.39. The summed E-state index contributed by atoms with van der Waals surface area (Å²) in [6.45, 7) is 1.68. The molecule has 15 heavy (non-hydrogen) atoms. The van der Waals surface area contributed by atoms with Gasteiger partial charge in [-0.2, -0.15) is 0 Å². The predicted octanol–water partition coefficient (Wildman–Crippen LogP) is 0.0598. The fourth-order valence-electron chi connectivity index (χ4n) is 1.50. The smallest absolute Gasteiger partial charge is 0.240 e. The first-order chi connectivity index (χ1) is 7.11. The van der Waals surface area contributed by atoms with Crippen molar-refractivity contribution in [2.75, 3.05) is 5.73 Å². The Morgan fingerprint density at radius 2 is 2.33 bits per heavy atom. The Bertz CT molecular complexity index is 518. The number of rotatable bonds is 2. The standard InChI is InChI=1S/C9H11N5O/c1-5(8(10)15)14-7-2-3-12-4-6(7)13-9(14)11/h2-5H,1H3,(H2,10,15)(H2,11,13). The summed E-state index contributed by atoms with van der Waals surface area (Å²) in [7, 11) is 0. The zero-order valence-electron chi connectivity index (χ0n) is 8.21. The summed E-state index contributed by atoms with van der Waals surface area (Å²) in [5, 5.41) is 0. The Kier molecular flexibility index (Phi) is 2.03. The molecule has 4 N–H and O–H groups in total. The van der Waals surface area contributed by atoms with Crippen LogP contribution >= 0.6 is 0 Å². The predicted molar refractivity (Wildman–Crippen MR) is 55.8 cm³/mol. The van der Waals surface area contributed by atoms with Crippen molar-refractivity contribution in [2.24, 2.45) is 5.73 Å². The van der Waals surface area contributed by atoms with Crippen LogP contribution in [0.3, 0.4) is 0 Å². The van der Waals surface area contributed by atoms with Gasteiger partial charge in [-0.15, -0.1) is 0 Å². The molecule has 0 spiro atoms. The number of imidazole rings is 1. The first kappa shape index (κ1) is 9.45. The summed E-state index contributed by atoms with van der Waals surface area (Å²) in [6.07, 6.45) is 3.21. The lowest BCUT2D eigenvalue weighted by atomic mass is 10.3. The van der Waals surface area contributed by atoms with Gasteiger partial charge in [0.2, 0.25) is 11.9 Å². The molecule has 1 unspecified atom stereocenters. The van der Waals surface area contributed by atoms with Crippen LogP contribution in [0, 0.1) is 0 Å². The summed E-state index contributed by atoms with van der Waals surface area (Å²) in [6, 6.07) is 1.23. The van der Waals surface area contributed by atoms with Gasteiger partial charge in [-0.1, -0.05) is 0 Å². The third-order valence-electron chi connectivity index (χ3n) is 2.32. The number of primary amides is 1. The average Bonchev–Trinajstić information content (AvgIpc) is 2.52. The van der Waals surface area contributed by atoms with Gasteiger partial charge >= 0.3 is 0 Å². The molecule has 78 valence electrons. The van der Waals surface area contributed by atoms with E-state index in [1.807, 2.05) is 0 Å². The zero-order chi connectivity index (χ0) is 11.0. The van der Waals surface area contributed by atoms with Crippen molar-refractivity contribution >= 4 is 22.9 Å². The summed E-state index contributed by atoms with van der Waals surface area (Å²) in [4.78, 5) is 19.1. The second-order valence-corrected chi connectivity index (χ2v) is 3.28.